The van der Waals surface area contributed by atoms with E-state index in [0.717, 1.165) is 5.56 Å². The Kier molecular flexibility index (Phi) is 8.33. The van der Waals surface area contributed by atoms with Crippen LogP contribution in [-0.2, 0) is 25.7 Å². The third-order valence-electron chi connectivity index (χ3n) is 4.20. The maximum Gasteiger partial charge on any atom is 0.306 e. The maximum atomic E-state index is 12.4. The van der Waals surface area contributed by atoms with Gasteiger partial charge in [-0.3, -0.25) is 14.4 Å². The second kappa shape index (κ2) is 10.7. The van der Waals surface area contributed by atoms with E-state index in [1.54, 1.807) is 19.1 Å². The number of carbonyl (C=O) groups is 3. The fraction of sp³-hybridized carbons (Fsp3) is 0.450. The van der Waals surface area contributed by atoms with Gasteiger partial charge in [0.25, 0.3) is 0 Å². The van der Waals surface area contributed by atoms with E-state index in [0.29, 0.717) is 30.8 Å². The molecule has 1 aliphatic rings. The quantitative estimate of drug-likeness (QED) is 0.609. The predicted molar refractivity (Wildman–Crippen MR) is 103 cm³/mol. The zero-order valence-electron chi connectivity index (χ0n) is 15.4. The molecule has 1 aromatic carbocycles. The van der Waals surface area contributed by atoms with Gasteiger partial charge >= 0.3 is 5.97 Å². The number of carbonyl (C=O) groups excluding carboxylic acids is 3. The Morgan fingerprint density at radius 3 is 2.74 bits per heavy atom. The van der Waals surface area contributed by atoms with Crippen molar-refractivity contribution in [3.8, 4) is 0 Å². The SMILES string of the molecule is C[C@@H]1CNC(=O)[C@H](CC(=O)NCc2ccc(Cl)cc2)C/C=C/CCC(=O)O1. The molecule has 1 aliphatic heterocycles. The van der Waals surface area contributed by atoms with Crippen molar-refractivity contribution < 1.29 is 19.1 Å². The normalized spacial score (nSPS) is 22.6. The monoisotopic (exact) mass is 392 g/mol. The molecule has 0 unspecified atom stereocenters. The summed E-state index contributed by atoms with van der Waals surface area (Å²) in [4.78, 5) is 36.3. The van der Waals surface area contributed by atoms with E-state index < -0.39 is 12.0 Å². The summed E-state index contributed by atoms with van der Waals surface area (Å²) < 4.78 is 5.21. The van der Waals surface area contributed by atoms with E-state index in [1.807, 2.05) is 24.3 Å². The van der Waals surface area contributed by atoms with Crippen molar-refractivity contribution in [3.05, 3.63) is 47.0 Å². The van der Waals surface area contributed by atoms with Crippen LogP contribution in [0.25, 0.3) is 0 Å². The van der Waals surface area contributed by atoms with E-state index in [4.69, 9.17) is 16.3 Å². The van der Waals surface area contributed by atoms with Crippen LogP contribution >= 0.6 is 11.6 Å². The van der Waals surface area contributed by atoms with Crippen LogP contribution in [0.5, 0.6) is 0 Å². The molecule has 1 aromatic rings. The number of amides is 2. The largest absolute Gasteiger partial charge is 0.461 e. The summed E-state index contributed by atoms with van der Waals surface area (Å²) >= 11 is 5.85. The molecule has 2 rings (SSSR count). The number of nitrogens with one attached hydrogen (secondary N) is 2. The second-order valence-corrected chi connectivity index (χ2v) is 7.03. The molecular weight excluding hydrogens is 368 g/mol. The topological polar surface area (TPSA) is 84.5 Å². The highest BCUT2D eigenvalue weighted by atomic mass is 35.5. The highest BCUT2D eigenvalue weighted by Crippen LogP contribution is 2.13. The number of rotatable bonds is 4. The third-order valence-corrected chi connectivity index (χ3v) is 4.46. The third kappa shape index (κ3) is 7.83. The first-order chi connectivity index (χ1) is 12.9. The van der Waals surface area contributed by atoms with Gasteiger partial charge in [0, 0.05) is 24.4 Å². The Morgan fingerprint density at radius 1 is 1.26 bits per heavy atom. The molecule has 27 heavy (non-hydrogen) atoms. The molecule has 0 aliphatic carbocycles. The first-order valence-corrected chi connectivity index (χ1v) is 9.45. The number of benzene rings is 1. The van der Waals surface area contributed by atoms with Crippen LogP contribution in [0.4, 0.5) is 0 Å². The van der Waals surface area contributed by atoms with Crippen LogP contribution in [0.1, 0.15) is 38.2 Å². The number of cyclic esters (lactones) is 1. The smallest absolute Gasteiger partial charge is 0.306 e. The van der Waals surface area contributed by atoms with Crippen molar-refractivity contribution >= 4 is 29.4 Å². The Morgan fingerprint density at radius 2 is 2.00 bits per heavy atom. The zero-order valence-corrected chi connectivity index (χ0v) is 16.1. The van der Waals surface area contributed by atoms with Gasteiger partial charge in [0.2, 0.25) is 11.8 Å². The number of esters is 1. The lowest BCUT2D eigenvalue weighted by molar-refractivity contribution is -0.148. The summed E-state index contributed by atoms with van der Waals surface area (Å²) in [5.41, 5.74) is 0.937. The van der Waals surface area contributed by atoms with Crippen molar-refractivity contribution in [2.24, 2.45) is 5.92 Å². The van der Waals surface area contributed by atoms with Crippen molar-refractivity contribution in [3.63, 3.8) is 0 Å². The van der Waals surface area contributed by atoms with Gasteiger partial charge in [0.15, 0.2) is 0 Å². The number of ether oxygens (including phenoxy) is 1. The van der Waals surface area contributed by atoms with Crippen molar-refractivity contribution in [1.82, 2.24) is 10.6 Å². The van der Waals surface area contributed by atoms with E-state index in [-0.39, 0.29) is 30.7 Å². The summed E-state index contributed by atoms with van der Waals surface area (Å²) in [5.74, 6) is -1.15. The van der Waals surface area contributed by atoms with Gasteiger partial charge in [-0.15, -0.1) is 0 Å². The number of hydrogen-bond acceptors (Lipinski definition) is 4. The average Bonchev–Trinajstić information content (AvgIpc) is 2.63. The van der Waals surface area contributed by atoms with Crippen molar-refractivity contribution in [1.29, 1.82) is 0 Å². The van der Waals surface area contributed by atoms with E-state index in [2.05, 4.69) is 10.6 Å². The standard InChI is InChI=1S/C20H25ClN2O4/c1-14-12-23-20(26)16(5-3-2-4-6-19(25)27-14)11-18(24)22-13-15-7-9-17(21)10-8-15/h2-3,7-10,14,16H,4-6,11-13H2,1H3,(H,22,24)(H,23,26)/b3-2+/t14-,16+/m1/s1. The van der Waals surface area contributed by atoms with Gasteiger partial charge in [0.1, 0.15) is 6.10 Å². The molecule has 2 amide bonds. The first-order valence-electron chi connectivity index (χ1n) is 9.07. The molecule has 2 N–H and O–H groups in total. The Hall–Kier alpha value is -2.34. The fourth-order valence-corrected chi connectivity index (χ4v) is 2.80. The molecular formula is C20H25ClN2O4. The minimum Gasteiger partial charge on any atom is -0.461 e. The van der Waals surface area contributed by atoms with Crippen LogP contribution < -0.4 is 10.6 Å². The molecule has 0 radical (unpaired) electrons. The molecule has 6 nitrogen and oxygen atoms in total. The molecule has 7 heteroatoms. The predicted octanol–water partition coefficient (Wildman–Crippen LogP) is 2.75. The summed E-state index contributed by atoms with van der Waals surface area (Å²) in [6.45, 7) is 2.35. The maximum absolute atomic E-state index is 12.4. The minimum absolute atomic E-state index is 0.0952. The van der Waals surface area contributed by atoms with Crippen LogP contribution in [0.3, 0.4) is 0 Å². The van der Waals surface area contributed by atoms with Crippen molar-refractivity contribution in [2.75, 3.05) is 6.54 Å². The molecule has 0 aromatic heterocycles. The molecule has 0 bridgehead atoms. The molecule has 0 saturated heterocycles. The molecule has 0 spiro atoms. The molecule has 0 saturated carbocycles. The van der Waals surface area contributed by atoms with Crippen molar-refractivity contribution in [2.45, 2.75) is 45.3 Å². The molecule has 1 heterocycles. The van der Waals surface area contributed by atoms with Gasteiger partial charge in [-0.05, 0) is 37.5 Å². The van der Waals surface area contributed by atoms with Crippen LogP contribution in [0.2, 0.25) is 5.02 Å². The van der Waals surface area contributed by atoms with Gasteiger partial charge in [0.05, 0.1) is 12.5 Å². The Balaban J connectivity index is 1.91. The lowest BCUT2D eigenvalue weighted by Gasteiger charge is -2.19. The fourth-order valence-electron chi connectivity index (χ4n) is 2.68. The van der Waals surface area contributed by atoms with Crippen LogP contribution in [0.15, 0.2) is 36.4 Å². The highest BCUT2D eigenvalue weighted by molar-refractivity contribution is 6.30. The van der Waals surface area contributed by atoms with E-state index in [9.17, 15) is 14.4 Å². The number of allylic oxidation sites excluding steroid dienone is 2. The highest BCUT2D eigenvalue weighted by Gasteiger charge is 2.22. The summed E-state index contributed by atoms with van der Waals surface area (Å²) in [6, 6.07) is 7.22. The minimum atomic E-state index is -0.464. The first kappa shape index (κ1) is 21.0. The Labute approximate surface area is 164 Å². The Bertz CT molecular complexity index is 688. The zero-order chi connectivity index (χ0) is 19.6. The van der Waals surface area contributed by atoms with Gasteiger partial charge in [-0.25, -0.2) is 0 Å². The van der Waals surface area contributed by atoms with E-state index >= 15 is 0 Å². The molecule has 2 atom stereocenters. The lowest BCUT2D eigenvalue weighted by atomic mass is 9.98. The average molecular weight is 393 g/mol. The van der Waals surface area contributed by atoms with Gasteiger partial charge < -0.3 is 15.4 Å². The number of halogens is 1. The number of hydrogen-bond donors (Lipinski definition) is 2. The molecule has 0 fully saturated rings. The molecule has 146 valence electrons. The van der Waals surface area contributed by atoms with Crippen LogP contribution in [-0.4, -0.2) is 30.4 Å². The summed E-state index contributed by atoms with van der Waals surface area (Å²) in [5, 5.41) is 6.23. The second-order valence-electron chi connectivity index (χ2n) is 6.60. The van der Waals surface area contributed by atoms with Crippen LogP contribution in [0, 0.1) is 5.92 Å². The summed E-state index contributed by atoms with van der Waals surface area (Å²) in [7, 11) is 0. The summed E-state index contributed by atoms with van der Waals surface area (Å²) in [6.07, 6.45) is 4.70. The van der Waals surface area contributed by atoms with E-state index in [1.165, 1.54) is 0 Å². The van der Waals surface area contributed by atoms with Gasteiger partial charge in [-0.2, -0.15) is 0 Å². The van der Waals surface area contributed by atoms with Gasteiger partial charge in [-0.1, -0.05) is 35.9 Å². The lowest BCUT2D eigenvalue weighted by Crippen LogP contribution is -2.39.